The number of ether oxygens (including phenoxy) is 1. The summed E-state index contributed by atoms with van der Waals surface area (Å²) in [5, 5.41) is 0. The second-order valence-electron chi connectivity index (χ2n) is 3.12. The van der Waals surface area contributed by atoms with E-state index in [9.17, 15) is 0 Å². The van der Waals surface area contributed by atoms with E-state index in [1.165, 1.54) is 11.3 Å². The van der Waals surface area contributed by atoms with Crippen molar-refractivity contribution in [3.05, 3.63) is 23.4 Å². The zero-order chi connectivity index (χ0) is 8.43. The average Bonchev–Trinajstić information content (AvgIpc) is 1.85. The molecule has 11 heavy (non-hydrogen) atoms. The third-order valence-electron chi connectivity index (χ3n) is 1.78. The van der Waals surface area contributed by atoms with Gasteiger partial charge in [0.25, 0.3) is 0 Å². The first-order valence-electron chi connectivity index (χ1n) is 3.76. The molecule has 0 atom stereocenters. The zero-order valence-electron chi connectivity index (χ0n) is 7.48. The van der Waals surface area contributed by atoms with Crippen molar-refractivity contribution in [1.82, 2.24) is 4.90 Å². The fourth-order valence-electron chi connectivity index (χ4n) is 1.46. The summed E-state index contributed by atoms with van der Waals surface area (Å²) in [6.45, 7) is 7.44. The van der Waals surface area contributed by atoms with Crippen LogP contribution in [-0.4, -0.2) is 32.2 Å². The summed E-state index contributed by atoms with van der Waals surface area (Å²) in [6, 6.07) is 0. The lowest BCUT2D eigenvalue weighted by atomic mass is 10.1. The van der Waals surface area contributed by atoms with Gasteiger partial charge in [-0.2, -0.15) is 0 Å². The van der Waals surface area contributed by atoms with Crippen LogP contribution in [0.15, 0.2) is 23.4 Å². The molecule has 2 nitrogen and oxygen atoms in total. The van der Waals surface area contributed by atoms with Gasteiger partial charge < -0.3 is 9.64 Å². The smallest absolute Gasteiger partial charge is 0.0735 e. The molecule has 2 heteroatoms. The summed E-state index contributed by atoms with van der Waals surface area (Å²) in [5.41, 5.74) is 3.60. The Bertz CT molecular complexity index is 204. The number of hydrogen-bond acceptors (Lipinski definition) is 2. The largest absolute Gasteiger partial charge is 0.377 e. The van der Waals surface area contributed by atoms with Crippen LogP contribution in [0.4, 0.5) is 0 Å². The molecule has 0 N–H and O–H groups in total. The third-order valence-corrected chi connectivity index (χ3v) is 1.78. The number of hydrogen-bond donors (Lipinski definition) is 0. The van der Waals surface area contributed by atoms with E-state index in [2.05, 4.69) is 18.4 Å². The molecule has 0 aliphatic carbocycles. The van der Waals surface area contributed by atoms with Crippen molar-refractivity contribution in [3.8, 4) is 0 Å². The molecule has 1 aliphatic heterocycles. The van der Waals surface area contributed by atoms with Crippen LogP contribution in [0.2, 0.25) is 0 Å². The maximum absolute atomic E-state index is 5.29. The first-order chi connectivity index (χ1) is 5.13. The third kappa shape index (κ3) is 1.63. The Labute approximate surface area is 68.1 Å². The highest BCUT2D eigenvalue weighted by Gasteiger charge is 2.14. The number of rotatable bonds is 1. The maximum Gasteiger partial charge on any atom is 0.0735 e. The molecule has 1 aliphatic rings. The molecule has 62 valence electrons. The standard InChI is InChI=1S/C9H15NO/c1-7-5-11-6-8(2)9(7)10(3)4/h1,5-6H2,2-4H3. The summed E-state index contributed by atoms with van der Waals surface area (Å²) >= 11 is 0. The molecule has 0 saturated heterocycles. The zero-order valence-corrected chi connectivity index (χ0v) is 7.48. The Morgan fingerprint density at radius 3 is 2.36 bits per heavy atom. The van der Waals surface area contributed by atoms with Crippen LogP contribution in [-0.2, 0) is 4.74 Å². The van der Waals surface area contributed by atoms with E-state index in [0.717, 1.165) is 12.2 Å². The van der Waals surface area contributed by atoms with Crippen molar-refractivity contribution in [2.24, 2.45) is 0 Å². The number of likely N-dealkylation sites (N-methyl/N-ethyl adjacent to an activating group) is 1. The second kappa shape index (κ2) is 3.09. The van der Waals surface area contributed by atoms with E-state index in [0.29, 0.717) is 6.61 Å². The molecule has 1 heterocycles. The fraction of sp³-hybridized carbons (Fsp3) is 0.556. The van der Waals surface area contributed by atoms with Gasteiger partial charge in [-0.25, -0.2) is 0 Å². The van der Waals surface area contributed by atoms with Gasteiger partial charge >= 0.3 is 0 Å². The lowest BCUT2D eigenvalue weighted by Crippen LogP contribution is -2.22. The minimum absolute atomic E-state index is 0.671. The number of nitrogens with zero attached hydrogens (tertiary/aromatic N) is 1. The average molecular weight is 153 g/mol. The molecule has 0 aromatic heterocycles. The molecule has 0 saturated carbocycles. The van der Waals surface area contributed by atoms with Crippen LogP contribution in [0.1, 0.15) is 6.92 Å². The summed E-state index contributed by atoms with van der Waals surface area (Å²) in [7, 11) is 4.07. The van der Waals surface area contributed by atoms with Gasteiger partial charge in [0.2, 0.25) is 0 Å². The fourth-order valence-corrected chi connectivity index (χ4v) is 1.46. The summed E-state index contributed by atoms with van der Waals surface area (Å²) < 4.78 is 5.29. The van der Waals surface area contributed by atoms with E-state index in [1.807, 2.05) is 14.1 Å². The van der Waals surface area contributed by atoms with Crippen molar-refractivity contribution in [2.45, 2.75) is 6.92 Å². The predicted molar refractivity (Wildman–Crippen MR) is 46.3 cm³/mol. The van der Waals surface area contributed by atoms with Crippen LogP contribution >= 0.6 is 0 Å². The SMILES string of the molecule is C=C1COCC(C)=C1N(C)C. The topological polar surface area (TPSA) is 12.5 Å². The predicted octanol–water partition coefficient (Wildman–Crippen LogP) is 1.41. The van der Waals surface area contributed by atoms with Crippen molar-refractivity contribution < 1.29 is 4.74 Å². The Morgan fingerprint density at radius 2 is 2.00 bits per heavy atom. The molecular formula is C9H15NO. The summed E-state index contributed by atoms with van der Waals surface area (Å²) in [5.74, 6) is 0. The first kappa shape index (κ1) is 8.34. The Hall–Kier alpha value is -0.760. The molecule has 0 unspecified atom stereocenters. The molecular weight excluding hydrogens is 138 g/mol. The van der Waals surface area contributed by atoms with Gasteiger partial charge in [0.1, 0.15) is 0 Å². The van der Waals surface area contributed by atoms with Gasteiger partial charge in [0.05, 0.1) is 13.2 Å². The van der Waals surface area contributed by atoms with Gasteiger partial charge in [0, 0.05) is 19.8 Å². The highest BCUT2D eigenvalue weighted by molar-refractivity contribution is 5.33. The van der Waals surface area contributed by atoms with E-state index < -0.39 is 0 Å². The molecule has 0 aromatic carbocycles. The van der Waals surface area contributed by atoms with Gasteiger partial charge in [-0.3, -0.25) is 0 Å². The minimum atomic E-state index is 0.671. The van der Waals surface area contributed by atoms with E-state index in [1.54, 1.807) is 0 Å². The van der Waals surface area contributed by atoms with Gasteiger partial charge in [0.15, 0.2) is 0 Å². The van der Waals surface area contributed by atoms with Crippen molar-refractivity contribution in [1.29, 1.82) is 0 Å². The quantitative estimate of drug-likeness (QED) is 0.564. The van der Waals surface area contributed by atoms with Crippen LogP contribution < -0.4 is 0 Å². The van der Waals surface area contributed by atoms with Gasteiger partial charge in [-0.15, -0.1) is 0 Å². The molecule has 0 fully saturated rings. The van der Waals surface area contributed by atoms with Gasteiger partial charge in [-0.1, -0.05) is 6.58 Å². The van der Waals surface area contributed by atoms with Crippen molar-refractivity contribution >= 4 is 0 Å². The molecule has 0 spiro atoms. The molecule has 0 aromatic rings. The second-order valence-corrected chi connectivity index (χ2v) is 3.12. The van der Waals surface area contributed by atoms with E-state index in [-0.39, 0.29) is 0 Å². The lowest BCUT2D eigenvalue weighted by Gasteiger charge is -2.26. The van der Waals surface area contributed by atoms with Crippen LogP contribution in [0.3, 0.4) is 0 Å². The minimum Gasteiger partial charge on any atom is -0.377 e. The molecule has 0 bridgehead atoms. The first-order valence-corrected chi connectivity index (χ1v) is 3.76. The Kier molecular flexibility index (Phi) is 2.35. The highest BCUT2D eigenvalue weighted by atomic mass is 16.5. The molecule has 0 radical (unpaired) electrons. The molecule has 1 rings (SSSR count). The highest BCUT2D eigenvalue weighted by Crippen LogP contribution is 2.20. The van der Waals surface area contributed by atoms with Gasteiger partial charge in [-0.05, 0) is 18.1 Å². The maximum atomic E-state index is 5.29. The monoisotopic (exact) mass is 153 g/mol. The lowest BCUT2D eigenvalue weighted by molar-refractivity contribution is 0.165. The Morgan fingerprint density at radius 1 is 1.36 bits per heavy atom. The van der Waals surface area contributed by atoms with E-state index >= 15 is 0 Å². The van der Waals surface area contributed by atoms with Crippen molar-refractivity contribution in [3.63, 3.8) is 0 Å². The van der Waals surface area contributed by atoms with Crippen LogP contribution in [0.5, 0.6) is 0 Å². The normalized spacial score (nSPS) is 19.0. The summed E-state index contributed by atoms with van der Waals surface area (Å²) in [4.78, 5) is 2.10. The van der Waals surface area contributed by atoms with Crippen molar-refractivity contribution in [2.75, 3.05) is 27.3 Å². The molecule has 0 amide bonds. The van der Waals surface area contributed by atoms with E-state index in [4.69, 9.17) is 4.74 Å². The van der Waals surface area contributed by atoms with Crippen LogP contribution in [0.25, 0.3) is 0 Å². The Balaban J connectivity index is 2.91. The summed E-state index contributed by atoms with van der Waals surface area (Å²) in [6.07, 6.45) is 0. The van der Waals surface area contributed by atoms with Crippen LogP contribution in [0, 0.1) is 0 Å².